The van der Waals surface area contributed by atoms with E-state index in [1.807, 2.05) is 0 Å². The molecule has 6 heteroatoms. The van der Waals surface area contributed by atoms with E-state index in [2.05, 4.69) is 10.6 Å². The predicted molar refractivity (Wildman–Crippen MR) is 69.4 cm³/mol. The Kier molecular flexibility index (Phi) is 4.35. The number of methoxy groups -OCH3 is 1. The van der Waals surface area contributed by atoms with E-state index in [1.54, 1.807) is 25.3 Å². The van der Waals surface area contributed by atoms with Gasteiger partial charge in [0.05, 0.1) is 5.69 Å². The van der Waals surface area contributed by atoms with Gasteiger partial charge < -0.3 is 20.1 Å². The Hall–Kier alpha value is -2.08. The lowest BCUT2D eigenvalue weighted by Crippen LogP contribution is -2.27. The second kappa shape index (κ2) is 6.19. The molecule has 0 aliphatic carbocycles. The summed E-state index contributed by atoms with van der Waals surface area (Å²) in [7, 11) is 1.62. The van der Waals surface area contributed by atoms with E-state index in [1.165, 1.54) is 0 Å². The van der Waals surface area contributed by atoms with Gasteiger partial charge in [-0.3, -0.25) is 9.59 Å². The Labute approximate surface area is 111 Å². The summed E-state index contributed by atoms with van der Waals surface area (Å²) < 4.78 is 10.1. The molecular formula is C13H16N2O4. The first-order chi connectivity index (χ1) is 9.20. The zero-order valence-corrected chi connectivity index (χ0v) is 10.7. The number of rotatable bonds is 5. The molecule has 1 aromatic carbocycles. The summed E-state index contributed by atoms with van der Waals surface area (Å²) in [6.45, 7) is 1.16. The van der Waals surface area contributed by atoms with Crippen LogP contribution in [0.15, 0.2) is 18.2 Å². The molecule has 1 heterocycles. The van der Waals surface area contributed by atoms with Gasteiger partial charge >= 0.3 is 0 Å². The fourth-order valence-corrected chi connectivity index (χ4v) is 1.74. The van der Waals surface area contributed by atoms with Crippen LogP contribution in [0.1, 0.15) is 16.8 Å². The minimum atomic E-state index is -0.217. The van der Waals surface area contributed by atoms with E-state index >= 15 is 0 Å². The van der Waals surface area contributed by atoms with Crippen molar-refractivity contribution < 1.29 is 19.1 Å². The highest BCUT2D eigenvalue weighted by atomic mass is 16.5. The van der Waals surface area contributed by atoms with Crippen LogP contribution in [0.25, 0.3) is 0 Å². The van der Waals surface area contributed by atoms with Crippen LogP contribution in [0, 0.1) is 0 Å². The molecule has 19 heavy (non-hydrogen) atoms. The summed E-state index contributed by atoms with van der Waals surface area (Å²) in [5.41, 5.74) is 1.02. The van der Waals surface area contributed by atoms with Gasteiger partial charge in [-0.05, 0) is 24.6 Å². The molecule has 0 saturated carbocycles. The van der Waals surface area contributed by atoms with E-state index in [9.17, 15) is 9.59 Å². The van der Waals surface area contributed by atoms with Gasteiger partial charge in [0, 0.05) is 25.8 Å². The maximum absolute atomic E-state index is 11.9. The third-order valence-electron chi connectivity index (χ3n) is 2.69. The van der Waals surface area contributed by atoms with Crippen molar-refractivity contribution in [2.45, 2.75) is 6.42 Å². The van der Waals surface area contributed by atoms with Gasteiger partial charge in [0.2, 0.25) is 0 Å². The molecule has 0 bridgehead atoms. The SMILES string of the molecule is COCCCNC(=O)c1ccc2c(c1)NC(=O)CO2. The third-order valence-corrected chi connectivity index (χ3v) is 2.69. The first-order valence-corrected chi connectivity index (χ1v) is 6.04. The molecule has 6 nitrogen and oxygen atoms in total. The molecule has 0 radical (unpaired) electrons. The first kappa shape index (κ1) is 13.4. The van der Waals surface area contributed by atoms with E-state index in [0.29, 0.717) is 30.2 Å². The molecule has 2 amide bonds. The van der Waals surface area contributed by atoms with Gasteiger partial charge in [0.25, 0.3) is 11.8 Å². The second-order valence-electron chi connectivity index (χ2n) is 4.15. The van der Waals surface area contributed by atoms with Gasteiger partial charge in [-0.1, -0.05) is 0 Å². The van der Waals surface area contributed by atoms with Crippen LogP contribution in [-0.2, 0) is 9.53 Å². The summed E-state index contributed by atoms with van der Waals surface area (Å²) in [6, 6.07) is 4.96. The normalized spacial score (nSPS) is 13.2. The highest BCUT2D eigenvalue weighted by Gasteiger charge is 2.17. The minimum Gasteiger partial charge on any atom is -0.482 e. The van der Waals surface area contributed by atoms with Crippen LogP contribution in [0.2, 0.25) is 0 Å². The summed E-state index contributed by atoms with van der Waals surface area (Å²) in [5.74, 6) is 0.180. The molecule has 102 valence electrons. The smallest absolute Gasteiger partial charge is 0.262 e. The van der Waals surface area contributed by atoms with Crippen molar-refractivity contribution in [1.82, 2.24) is 5.32 Å². The van der Waals surface area contributed by atoms with Crippen molar-refractivity contribution in [2.24, 2.45) is 0 Å². The van der Waals surface area contributed by atoms with E-state index < -0.39 is 0 Å². The molecule has 2 N–H and O–H groups in total. The fraction of sp³-hybridized carbons (Fsp3) is 0.385. The molecule has 0 atom stereocenters. The van der Waals surface area contributed by atoms with Crippen molar-refractivity contribution in [2.75, 3.05) is 32.2 Å². The topological polar surface area (TPSA) is 76.7 Å². The zero-order valence-electron chi connectivity index (χ0n) is 10.7. The Morgan fingerprint density at radius 3 is 3.16 bits per heavy atom. The molecule has 2 rings (SSSR count). The lowest BCUT2D eigenvalue weighted by Gasteiger charge is -2.18. The van der Waals surface area contributed by atoms with Crippen LogP contribution in [0.5, 0.6) is 5.75 Å². The lowest BCUT2D eigenvalue weighted by atomic mass is 10.1. The van der Waals surface area contributed by atoms with Crippen molar-refractivity contribution in [1.29, 1.82) is 0 Å². The number of carbonyl (C=O) groups excluding carboxylic acids is 2. The molecule has 0 aromatic heterocycles. The number of ether oxygens (including phenoxy) is 2. The van der Waals surface area contributed by atoms with Crippen molar-refractivity contribution >= 4 is 17.5 Å². The number of amides is 2. The van der Waals surface area contributed by atoms with Crippen molar-refractivity contribution in [3.8, 4) is 5.75 Å². The molecule has 0 fully saturated rings. The largest absolute Gasteiger partial charge is 0.482 e. The van der Waals surface area contributed by atoms with Crippen molar-refractivity contribution in [3.63, 3.8) is 0 Å². The second-order valence-corrected chi connectivity index (χ2v) is 4.15. The van der Waals surface area contributed by atoms with Gasteiger partial charge in [-0.2, -0.15) is 0 Å². The zero-order chi connectivity index (χ0) is 13.7. The maximum atomic E-state index is 11.9. The van der Waals surface area contributed by atoms with E-state index in [-0.39, 0.29) is 18.4 Å². The monoisotopic (exact) mass is 264 g/mol. The Balaban J connectivity index is 1.99. The number of benzene rings is 1. The quantitative estimate of drug-likeness (QED) is 0.771. The molecular weight excluding hydrogens is 248 g/mol. The summed E-state index contributed by atoms with van der Waals surface area (Å²) in [6.07, 6.45) is 0.757. The highest BCUT2D eigenvalue weighted by Crippen LogP contribution is 2.28. The number of anilines is 1. The molecule has 0 saturated heterocycles. The maximum Gasteiger partial charge on any atom is 0.262 e. The number of nitrogens with one attached hydrogen (secondary N) is 2. The first-order valence-electron chi connectivity index (χ1n) is 6.04. The standard InChI is InChI=1S/C13H16N2O4/c1-18-6-2-5-14-13(17)9-3-4-11-10(7-9)15-12(16)8-19-11/h3-4,7H,2,5-6,8H2,1H3,(H,14,17)(H,15,16). The summed E-state index contributed by atoms with van der Waals surface area (Å²) in [5, 5.41) is 5.45. The highest BCUT2D eigenvalue weighted by molar-refractivity contribution is 5.99. The molecule has 1 aliphatic rings. The van der Waals surface area contributed by atoms with E-state index in [0.717, 1.165) is 6.42 Å². The Morgan fingerprint density at radius 2 is 2.37 bits per heavy atom. The number of hydrogen-bond donors (Lipinski definition) is 2. The Morgan fingerprint density at radius 1 is 1.53 bits per heavy atom. The summed E-state index contributed by atoms with van der Waals surface area (Å²) >= 11 is 0. The van der Waals surface area contributed by atoms with Crippen LogP contribution in [-0.4, -0.2) is 38.7 Å². The van der Waals surface area contributed by atoms with Crippen LogP contribution in [0.3, 0.4) is 0 Å². The number of carbonyl (C=O) groups is 2. The molecule has 0 unspecified atom stereocenters. The van der Waals surface area contributed by atoms with E-state index in [4.69, 9.17) is 9.47 Å². The molecule has 1 aromatic rings. The van der Waals surface area contributed by atoms with Gasteiger partial charge in [-0.25, -0.2) is 0 Å². The van der Waals surface area contributed by atoms with Gasteiger partial charge in [-0.15, -0.1) is 0 Å². The van der Waals surface area contributed by atoms with Crippen LogP contribution < -0.4 is 15.4 Å². The average Bonchev–Trinajstić information content (AvgIpc) is 2.42. The van der Waals surface area contributed by atoms with Crippen molar-refractivity contribution in [3.05, 3.63) is 23.8 Å². The lowest BCUT2D eigenvalue weighted by molar-refractivity contribution is -0.118. The minimum absolute atomic E-state index is 0.00948. The predicted octanol–water partition coefficient (Wildman–Crippen LogP) is 0.784. The summed E-state index contributed by atoms with van der Waals surface area (Å²) in [4.78, 5) is 23.1. The number of fused-ring (bicyclic) bond motifs is 1. The molecule has 1 aliphatic heterocycles. The number of hydrogen-bond acceptors (Lipinski definition) is 4. The third kappa shape index (κ3) is 3.45. The fourth-order valence-electron chi connectivity index (χ4n) is 1.74. The molecule has 0 spiro atoms. The van der Waals surface area contributed by atoms with Crippen LogP contribution in [0.4, 0.5) is 5.69 Å². The van der Waals surface area contributed by atoms with Crippen LogP contribution >= 0.6 is 0 Å². The average molecular weight is 264 g/mol. The van der Waals surface area contributed by atoms with Gasteiger partial charge in [0.15, 0.2) is 6.61 Å². The van der Waals surface area contributed by atoms with Gasteiger partial charge in [0.1, 0.15) is 5.75 Å². The Bertz CT molecular complexity index is 488.